The third-order valence-electron chi connectivity index (χ3n) is 16.0. The van der Waals surface area contributed by atoms with Gasteiger partial charge < -0.3 is 68.5 Å². The summed E-state index contributed by atoms with van der Waals surface area (Å²) in [5, 5.41) is 68.1. The summed E-state index contributed by atoms with van der Waals surface area (Å²) in [4.78, 5) is 23.5. The Balaban J connectivity index is 0.829. The summed E-state index contributed by atoms with van der Waals surface area (Å²) in [5.41, 5.74) is -1.04. The van der Waals surface area contributed by atoms with E-state index in [1.54, 1.807) is 19.9 Å². The molecule has 16 heteroatoms. The van der Waals surface area contributed by atoms with E-state index in [0.29, 0.717) is 25.2 Å². The van der Waals surface area contributed by atoms with Crippen LogP contribution in [0.25, 0.3) is 0 Å². The van der Waals surface area contributed by atoms with Crippen molar-refractivity contribution in [1.29, 1.82) is 0 Å². The molecule has 0 unspecified atom stereocenters. The third-order valence-corrected chi connectivity index (χ3v) is 16.0. The molecule has 0 amide bonds. The molecule has 0 radical (unpaired) electrons. The fraction of sp³-hybridized carbons (Fsp3) is 0.905. The van der Waals surface area contributed by atoms with Crippen LogP contribution < -0.4 is 0 Å². The SMILES string of the molecule is CC(=O)O[C@H]1C[C@H](O[C@H]2[C@@H](O)C[C@H](O[C@H]3[C@@H](O)C[C@H](O[C@H]4CC[C@@]5(C)[C@H](CC[C@@H]6[C@@H]5C[C@@H](O)[C@]5(C)[C@@H](C7=CC(=O)OC7)CC[C@]65O)C4)O[C@@H]3O)O[C@@H]2C)O[C@H](C)[C@H]1O. The predicted octanol–water partition coefficient (Wildman–Crippen LogP) is 1.72. The molecule has 7 fully saturated rings. The highest BCUT2D eigenvalue weighted by atomic mass is 16.8. The first-order chi connectivity index (χ1) is 27.4. The molecule has 0 aromatic rings. The maximum Gasteiger partial charge on any atom is 0.331 e. The van der Waals surface area contributed by atoms with Gasteiger partial charge in [0, 0.05) is 37.7 Å². The Bertz CT molecular complexity index is 1540. The van der Waals surface area contributed by atoms with Gasteiger partial charge in [-0.25, -0.2) is 4.79 Å². The maximum absolute atomic E-state index is 12.6. The summed E-state index contributed by atoms with van der Waals surface area (Å²) in [6.45, 7) is 9.14. The van der Waals surface area contributed by atoms with Crippen molar-refractivity contribution in [3.05, 3.63) is 11.6 Å². The zero-order chi connectivity index (χ0) is 41.5. The number of carbonyl (C=O) groups is 2. The lowest BCUT2D eigenvalue weighted by Crippen LogP contribution is -2.67. The normalized spacial score (nSPS) is 53.2. The van der Waals surface area contributed by atoms with Crippen LogP contribution in [0.15, 0.2) is 11.6 Å². The van der Waals surface area contributed by atoms with Gasteiger partial charge in [-0.15, -0.1) is 0 Å². The van der Waals surface area contributed by atoms with Crippen LogP contribution in [0.4, 0.5) is 0 Å². The van der Waals surface area contributed by atoms with Crippen LogP contribution in [0.1, 0.15) is 105 Å². The van der Waals surface area contributed by atoms with Crippen LogP contribution in [-0.2, 0) is 47.5 Å². The highest BCUT2D eigenvalue weighted by Crippen LogP contribution is 2.70. The Morgan fingerprint density at radius 2 is 1.45 bits per heavy atom. The number of hydrogen-bond donors (Lipinski definition) is 6. The molecule has 6 N–H and O–H groups in total. The molecule has 21 atom stereocenters. The summed E-state index contributed by atoms with van der Waals surface area (Å²) in [6, 6.07) is 0. The van der Waals surface area contributed by atoms with Crippen molar-refractivity contribution in [3.8, 4) is 0 Å². The van der Waals surface area contributed by atoms with E-state index in [9.17, 15) is 40.2 Å². The van der Waals surface area contributed by atoms with Gasteiger partial charge in [-0.3, -0.25) is 4.79 Å². The summed E-state index contributed by atoms with van der Waals surface area (Å²) >= 11 is 0. The Hall–Kier alpha value is -1.80. The number of aliphatic hydroxyl groups is 6. The minimum Gasteiger partial charge on any atom is -0.459 e. The Kier molecular flexibility index (Phi) is 11.9. The van der Waals surface area contributed by atoms with Crippen molar-refractivity contribution in [3.63, 3.8) is 0 Å². The second-order valence-electron chi connectivity index (χ2n) is 19.1. The highest BCUT2D eigenvalue weighted by Gasteiger charge is 2.71. The fourth-order valence-electron chi connectivity index (χ4n) is 12.8. The molecule has 0 aromatic heterocycles. The van der Waals surface area contributed by atoms with E-state index < -0.39 is 97.1 Å². The number of ether oxygens (including phenoxy) is 8. The van der Waals surface area contributed by atoms with Crippen molar-refractivity contribution in [1.82, 2.24) is 0 Å². The first-order valence-corrected chi connectivity index (χ1v) is 21.5. The van der Waals surface area contributed by atoms with Gasteiger partial charge >= 0.3 is 11.9 Å². The number of cyclic esters (lactones) is 1. The van der Waals surface area contributed by atoms with Crippen LogP contribution in [0.5, 0.6) is 0 Å². The maximum atomic E-state index is 12.6. The molecule has 0 spiro atoms. The van der Waals surface area contributed by atoms with Crippen molar-refractivity contribution < 1.29 is 78.1 Å². The van der Waals surface area contributed by atoms with Gasteiger partial charge in [0.2, 0.25) is 0 Å². The lowest BCUT2D eigenvalue weighted by molar-refractivity contribution is -0.361. The van der Waals surface area contributed by atoms with Gasteiger partial charge in [0.05, 0.1) is 42.2 Å². The molecule has 4 saturated carbocycles. The third kappa shape index (κ3) is 7.48. The van der Waals surface area contributed by atoms with Gasteiger partial charge in [0.15, 0.2) is 25.2 Å². The lowest BCUT2D eigenvalue weighted by atomic mass is 9.42. The zero-order valence-corrected chi connectivity index (χ0v) is 34.2. The average molecular weight is 825 g/mol. The van der Waals surface area contributed by atoms with E-state index in [-0.39, 0.29) is 61.1 Å². The van der Waals surface area contributed by atoms with Gasteiger partial charge in [0.1, 0.15) is 31.0 Å². The van der Waals surface area contributed by atoms with Crippen LogP contribution in [-0.4, -0.2) is 141 Å². The van der Waals surface area contributed by atoms with Crippen LogP contribution in [0, 0.1) is 34.5 Å². The van der Waals surface area contributed by atoms with E-state index in [0.717, 1.165) is 37.7 Å². The van der Waals surface area contributed by atoms with E-state index in [1.807, 2.05) is 6.92 Å². The molecule has 3 saturated heterocycles. The Morgan fingerprint density at radius 3 is 2.12 bits per heavy atom. The minimum atomic E-state index is -1.52. The molecule has 4 heterocycles. The molecule has 8 aliphatic rings. The molecular formula is C42H64O16. The van der Waals surface area contributed by atoms with E-state index in [1.165, 1.54) is 6.92 Å². The van der Waals surface area contributed by atoms with Gasteiger partial charge in [-0.05, 0) is 99.9 Å². The summed E-state index contributed by atoms with van der Waals surface area (Å²) in [5.74, 6) is -0.536. The zero-order valence-electron chi connectivity index (χ0n) is 34.2. The van der Waals surface area contributed by atoms with E-state index in [4.69, 9.17) is 37.9 Å². The smallest absolute Gasteiger partial charge is 0.331 e. The molecule has 0 aromatic carbocycles. The van der Waals surface area contributed by atoms with Crippen LogP contribution >= 0.6 is 0 Å². The van der Waals surface area contributed by atoms with Crippen molar-refractivity contribution >= 4 is 11.9 Å². The topological polar surface area (TPSA) is 229 Å². The Labute approximate surface area is 339 Å². The van der Waals surface area contributed by atoms with Gasteiger partial charge in [-0.1, -0.05) is 13.8 Å². The van der Waals surface area contributed by atoms with Gasteiger partial charge in [0.25, 0.3) is 0 Å². The summed E-state index contributed by atoms with van der Waals surface area (Å²) in [6.07, 6.45) is -4.96. The second kappa shape index (κ2) is 16.2. The highest BCUT2D eigenvalue weighted by molar-refractivity contribution is 5.85. The number of rotatable bonds is 8. The van der Waals surface area contributed by atoms with E-state index in [2.05, 4.69) is 6.92 Å². The van der Waals surface area contributed by atoms with Crippen molar-refractivity contribution in [2.24, 2.45) is 34.5 Å². The van der Waals surface area contributed by atoms with E-state index >= 15 is 0 Å². The summed E-state index contributed by atoms with van der Waals surface area (Å²) in [7, 11) is 0. The number of carbonyl (C=O) groups excluding carboxylic acids is 2. The molecule has 8 rings (SSSR count). The number of esters is 2. The Morgan fingerprint density at radius 1 is 0.776 bits per heavy atom. The van der Waals surface area contributed by atoms with Crippen molar-refractivity contribution in [2.45, 2.75) is 197 Å². The first kappa shape index (κ1) is 42.9. The lowest BCUT2D eigenvalue weighted by Gasteiger charge is -2.65. The molecule has 0 bridgehead atoms. The van der Waals surface area contributed by atoms with Crippen molar-refractivity contribution in [2.75, 3.05) is 6.61 Å². The number of fused-ring (bicyclic) bond motifs is 5. The molecular weight excluding hydrogens is 760 g/mol. The first-order valence-electron chi connectivity index (χ1n) is 21.5. The van der Waals surface area contributed by atoms with Crippen LogP contribution in [0.2, 0.25) is 0 Å². The second-order valence-corrected chi connectivity index (χ2v) is 19.1. The minimum absolute atomic E-state index is 0.0322. The largest absolute Gasteiger partial charge is 0.459 e. The quantitative estimate of drug-likeness (QED) is 0.151. The molecule has 4 aliphatic carbocycles. The summed E-state index contributed by atoms with van der Waals surface area (Å²) < 4.78 is 46.6. The molecule has 58 heavy (non-hydrogen) atoms. The number of aliphatic hydroxyl groups excluding tert-OH is 5. The molecule has 16 nitrogen and oxygen atoms in total. The standard InChI is InChI=1S/C42H64O16/c1-19-36(48)30(54-21(3)43)17-35(52-19)56-37-20(2)53-33(15-28(37)44)57-38-29(45)16-34(58-39(38)49)55-24-8-10-40(4)23(13-24)6-7-26-27(40)14-31(46)41(5)25(9-11-42(26,41)50)22-12-32(47)51-18-22/h12,19-20,23-31,33-39,44-46,48-50H,6-11,13-18H2,1-5H3/t19-,20-,23-,24+,25-,26-,27+,28+,29+,30+,31-,33+,34-,35+,36-,37-,38+,39+,40+,41+,42+/m1/s1. The fourth-order valence-corrected chi connectivity index (χ4v) is 12.8. The van der Waals surface area contributed by atoms with Crippen LogP contribution in [0.3, 0.4) is 0 Å². The van der Waals surface area contributed by atoms with Gasteiger partial charge in [-0.2, -0.15) is 0 Å². The average Bonchev–Trinajstić information content (AvgIpc) is 3.70. The number of hydrogen-bond acceptors (Lipinski definition) is 16. The monoisotopic (exact) mass is 824 g/mol. The molecule has 4 aliphatic heterocycles. The predicted molar refractivity (Wildman–Crippen MR) is 199 cm³/mol. The molecule has 328 valence electrons.